The van der Waals surface area contributed by atoms with E-state index in [1.165, 1.54) is 11.1 Å². The highest BCUT2D eigenvalue weighted by molar-refractivity contribution is 7.98. The second-order valence-electron chi connectivity index (χ2n) is 8.21. The van der Waals surface area contributed by atoms with Crippen molar-refractivity contribution in [2.75, 3.05) is 6.61 Å². The zero-order valence-corrected chi connectivity index (χ0v) is 20.5. The van der Waals surface area contributed by atoms with Crippen molar-refractivity contribution in [1.29, 1.82) is 0 Å². The number of nitrogens with zero attached hydrogens (tertiary/aromatic N) is 7. The molecule has 4 aromatic rings. The summed E-state index contributed by atoms with van der Waals surface area (Å²) in [5, 5.41) is 21.8. The standard InChI is InChI=1S/C22H26N8OS2/c1-14-6-4-8-18(15(14)2)30-19(23-25-21(30)32)13-33-22-26-24-20(17-9-10-28(3)27-17)29(22)12-16-7-5-11-31-16/h4,6,8-10,16H,5,7,11-13H2,1-3H3,(H,25,32)/t16-/m0/s1. The molecule has 0 radical (unpaired) electrons. The fourth-order valence-corrected chi connectivity index (χ4v) is 5.17. The largest absolute Gasteiger partial charge is 0.376 e. The van der Waals surface area contributed by atoms with Crippen LogP contribution in [0.5, 0.6) is 0 Å². The molecule has 1 N–H and O–H groups in total. The Morgan fingerprint density at radius 3 is 2.88 bits per heavy atom. The first-order valence-electron chi connectivity index (χ1n) is 10.9. The van der Waals surface area contributed by atoms with E-state index in [1.54, 1.807) is 16.4 Å². The SMILES string of the molecule is Cc1cccc(-n2c(CSc3nnc(-c4ccn(C)n4)n3C[C@@H]3CCCO3)n[nH]c2=S)c1C. The van der Waals surface area contributed by atoms with Crippen molar-refractivity contribution in [3.8, 4) is 17.2 Å². The van der Waals surface area contributed by atoms with Gasteiger partial charge in [0.25, 0.3) is 0 Å². The fourth-order valence-electron chi connectivity index (χ4n) is 4.06. The maximum atomic E-state index is 5.90. The van der Waals surface area contributed by atoms with Gasteiger partial charge >= 0.3 is 0 Å². The first-order valence-corrected chi connectivity index (χ1v) is 12.3. The van der Waals surface area contributed by atoms with Crippen LogP contribution in [-0.4, -0.2) is 52.0 Å². The van der Waals surface area contributed by atoms with Crippen LogP contribution in [0, 0.1) is 18.6 Å². The third kappa shape index (κ3) is 4.40. The normalized spacial score (nSPS) is 16.0. The van der Waals surface area contributed by atoms with Crippen molar-refractivity contribution in [1.82, 2.24) is 39.3 Å². The van der Waals surface area contributed by atoms with Crippen LogP contribution in [0.25, 0.3) is 17.2 Å². The van der Waals surface area contributed by atoms with Crippen LogP contribution in [-0.2, 0) is 24.1 Å². The third-order valence-electron chi connectivity index (χ3n) is 5.96. The Labute approximate surface area is 201 Å². The number of hydrogen-bond acceptors (Lipinski definition) is 7. The molecule has 172 valence electrons. The van der Waals surface area contributed by atoms with Crippen LogP contribution in [0.2, 0.25) is 0 Å². The molecule has 1 aromatic carbocycles. The molecule has 5 rings (SSSR count). The summed E-state index contributed by atoms with van der Waals surface area (Å²) in [6, 6.07) is 8.17. The van der Waals surface area contributed by atoms with Gasteiger partial charge in [-0.05, 0) is 62.2 Å². The lowest BCUT2D eigenvalue weighted by Crippen LogP contribution is -2.17. The lowest BCUT2D eigenvalue weighted by molar-refractivity contribution is 0.0953. The molecule has 0 amide bonds. The maximum absolute atomic E-state index is 5.90. The summed E-state index contributed by atoms with van der Waals surface area (Å²) in [4.78, 5) is 0. The molecule has 0 unspecified atom stereocenters. The zero-order chi connectivity index (χ0) is 22.9. The van der Waals surface area contributed by atoms with E-state index in [-0.39, 0.29) is 6.10 Å². The predicted octanol–water partition coefficient (Wildman–Crippen LogP) is 4.01. The van der Waals surface area contributed by atoms with E-state index < -0.39 is 0 Å². The maximum Gasteiger partial charge on any atom is 0.199 e. The molecule has 1 fully saturated rings. The van der Waals surface area contributed by atoms with Crippen LogP contribution in [0.4, 0.5) is 0 Å². The number of hydrogen-bond donors (Lipinski definition) is 1. The molecule has 1 atom stereocenters. The van der Waals surface area contributed by atoms with Crippen LogP contribution in [0.3, 0.4) is 0 Å². The molecule has 1 aliphatic rings. The fraction of sp³-hybridized carbons (Fsp3) is 0.409. The van der Waals surface area contributed by atoms with Crippen molar-refractivity contribution in [3.05, 3.63) is 52.2 Å². The molecule has 1 aliphatic heterocycles. The van der Waals surface area contributed by atoms with Crippen molar-refractivity contribution in [3.63, 3.8) is 0 Å². The van der Waals surface area contributed by atoms with Gasteiger partial charge in [-0.2, -0.15) is 10.2 Å². The van der Waals surface area contributed by atoms with E-state index in [4.69, 9.17) is 17.0 Å². The summed E-state index contributed by atoms with van der Waals surface area (Å²) in [6.07, 6.45) is 4.19. The number of aromatic nitrogens is 8. The number of rotatable bonds is 7. The number of thioether (sulfide) groups is 1. The highest BCUT2D eigenvalue weighted by Gasteiger charge is 2.23. The molecule has 33 heavy (non-hydrogen) atoms. The third-order valence-corrected chi connectivity index (χ3v) is 7.20. The monoisotopic (exact) mass is 482 g/mol. The Kier molecular flexibility index (Phi) is 6.17. The Balaban J connectivity index is 1.45. The zero-order valence-electron chi connectivity index (χ0n) is 18.9. The van der Waals surface area contributed by atoms with Gasteiger partial charge in [-0.25, -0.2) is 0 Å². The number of H-pyrrole nitrogens is 1. The van der Waals surface area contributed by atoms with Gasteiger partial charge in [-0.1, -0.05) is 23.9 Å². The minimum atomic E-state index is 0.160. The molecule has 3 aromatic heterocycles. The Hall–Kier alpha value is -2.76. The number of benzene rings is 1. The first-order chi connectivity index (χ1) is 16.0. The molecule has 9 nitrogen and oxygen atoms in total. The molecule has 0 bridgehead atoms. The van der Waals surface area contributed by atoms with Gasteiger partial charge in [0.05, 0.1) is 24.1 Å². The Morgan fingerprint density at radius 2 is 2.12 bits per heavy atom. The van der Waals surface area contributed by atoms with Crippen molar-refractivity contribution >= 4 is 24.0 Å². The summed E-state index contributed by atoms with van der Waals surface area (Å²) in [7, 11) is 1.90. The average Bonchev–Trinajstić information content (AvgIpc) is 3.59. The van der Waals surface area contributed by atoms with Crippen molar-refractivity contribution in [2.24, 2.45) is 7.05 Å². The van der Waals surface area contributed by atoms with E-state index >= 15 is 0 Å². The summed E-state index contributed by atoms with van der Waals surface area (Å²) in [5.74, 6) is 2.18. The predicted molar refractivity (Wildman–Crippen MR) is 129 cm³/mol. The highest BCUT2D eigenvalue weighted by atomic mass is 32.2. The summed E-state index contributed by atoms with van der Waals surface area (Å²) in [6.45, 7) is 5.71. The molecule has 4 heterocycles. The first kappa shape index (κ1) is 22.1. The van der Waals surface area contributed by atoms with Crippen LogP contribution in [0.1, 0.15) is 29.8 Å². The van der Waals surface area contributed by atoms with Gasteiger partial charge in [0.2, 0.25) is 0 Å². The molecule has 0 aliphatic carbocycles. The topological polar surface area (TPSA) is 91.4 Å². The van der Waals surface area contributed by atoms with Crippen LogP contribution in [0.15, 0.2) is 35.6 Å². The number of nitrogens with one attached hydrogen (secondary N) is 1. The van der Waals surface area contributed by atoms with Gasteiger partial charge in [-0.15, -0.1) is 10.2 Å². The summed E-state index contributed by atoms with van der Waals surface area (Å²) < 4.78 is 12.4. The number of aryl methyl sites for hydroxylation is 2. The minimum Gasteiger partial charge on any atom is -0.376 e. The Morgan fingerprint density at radius 1 is 1.24 bits per heavy atom. The van der Waals surface area contributed by atoms with E-state index in [0.717, 1.165) is 47.6 Å². The lowest BCUT2D eigenvalue weighted by Gasteiger charge is -2.14. The van der Waals surface area contributed by atoms with Gasteiger partial charge in [-0.3, -0.25) is 18.9 Å². The smallest absolute Gasteiger partial charge is 0.199 e. The van der Waals surface area contributed by atoms with Crippen LogP contribution >= 0.6 is 24.0 Å². The van der Waals surface area contributed by atoms with Gasteiger partial charge < -0.3 is 4.74 Å². The molecule has 11 heteroatoms. The van der Waals surface area contributed by atoms with Gasteiger partial charge in [0.15, 0.2) is 15.8 Å². The lowest BCUT2D eigenvalue weighted by atomic mass is 10.1. The van der Waals surface area contributed by atoms with E-state index in [1.807, 2.05) is 29.9 Å². The van der Waals surface area contributed by atoms with Crippen molar-refractivity contribution < 1.29 is 4.74 Å². The molecule has 0 spiro atoms. The molecular formula is C22H26N8OS2. The minimum absolute atomic E-state index is 0.160. The van der Waals surface area contributed by atoms with E-state index in [9.17, 15) is 0 Å². The molecule has 1 saturated heterocycles. The number of aromatic amines is 1. The molecular weight excluding hydrogens is 456 g/mol. The summed E-state index contributed by atoms with van der Waals surface area (Å²) in [5.41, 5.74) is 4.23. The van der Waals surface area contributed by atoms with E-state index in [0.29, 0.717) is 17.1 Å². The summed E-state index contributed by atoms with van der Waals surface area (Å²) >= 11 is 7.14. The second kappa shape index (κ2) is 9.24. The van der Waals surface area contributed by atoms with Gasteiger partial charge in [0.1, 0.15) is 11.5 Å². The van der Waals surface area contributed by atoms with E-state index in [2.05, 4.69) is 56.0 Å². The number of ether oxygens (including phenoxy) is 1. The average molecular weight is 483 g/mol. The van der Waals surface area contributed by atoms with Crippen LogP contribution < -0.4 is 0 Å². The van der Waals surface area contributed by atoms with Gasteiger partial charge in [0, 0.05) is 19.9 Å². The molecule has 0 saturated carbocycles. The quantitative estimate of drug-likeness (QED) is 0.314. The second-order valence-corrected chi connectivity index (χ2v) is 9.54. The Bertz CT molecular complexity index is 1330. The van der Waals surface area contributed by atoms with Crippen molar-refractivity contribution in [2.45, 2.75) is 50.2 Å². The highest BCUT2D eigenvalue weighted by Crippen LogP contribution is 2.28.